The predicted octanol–water partition coefficient (Wildman–Crippen LogP) is 0.356. The van der Waals surface area contributed by atoms with Crippen molar-refractivity contribution in [3.63, 3.8) is 0 Å². The molecule has 6 heteroatoms. The molecule has 0 bridgehead atoms. The van der Waals surface area contributed by atoms with Crippen molar-refractivity contribution in [1.82, 2.24) is 19.6 Å². The maximum Gasteiger partial charge on any atom is 0.0803 e. The van der Waals surface area contributed by atoms with E-state index in [1.165, 1.54) is 16.0 Å². The van der Waals surface area contributed by atoms with Crippen molar-refractivity contribution in [2.45, 2.75) is 46.7 Å². The fourth-order valence-electron chi connectivity index (χ4n) is 1.08. The summed E-state index contributed by atoms with van der Waals surface area (Å²) in [5.41, 5.74) is 0. The van der Waals surface area contributed by atoms with Crippen LogP contribution >= 0.6 is 11.9 Å². The Morgan fingerprint density at radius 1 is 1.27 bits per heavy atom. The SMILES string of the molecule is CC(C)[NH2+]C(C)C.CCSn1[c-]nnn1. The fourth-order valence-corrected chi connectivity index (χ4v) is 1.50. The summed E-state index contributed by atoms with van der Waals surface area (Å²) in [7, 11) is 0. The van der Waals surface area contributed by atoms with Crippen molar-refractivity contribution in [3.05, 3.63) is 6.33 Å². The van der Waals surface area contributed by atoms with Crippen molar-refractivity contribution >= 4 is 11.9 Å². The van der Waals surface area contributed by atoms with Gasteiger partial charge in [0.25, 0.3) is 0 Å². The van der Waals surface area contributed by atoms with Gasteiger partial charge in [-0.3, -0.25) is 0 Å². The largest absolute Gasteiger partial charge is 0.352 e. The topological polar surface area (TPSA) is 60.2 Å². The van der Waals surface area contributed by atoms with Gasteiger partial charge in [-0.25, -0.2) is 6.33 Å². The van der Waals surface area contributed by atoms with E-state index in [0.29, 0.717) is 0 Å². The summed E-state index contributed by atoms with van der Waals surface area (Å²) in [5.74, 6) is 0.960. The second kappa shape index (κ2) is 8.67. The van der Waals surface area contributed by atoms with E-state index in [2.05, 4.69) is 54.9 Å². The molecule has 0 aliphatic rings. The van der Waals surface area contributed by atoms with Crippen LogP contribution in [-0.4, -0.2) is 37.4 Å². The van der Waals surface area contributed by atoms with Crippen molar-refractivity contribution in [2.24, 2.45) is 0 Å². The predicted molar refractivity (Wildman–Crippen MR) is 62.4 cm³/mol. The van der Waals surface area contributed by atoms with Crippen LogP contribution in [-0.2, 0) is 0 Å². The molecule has 5 nitrogen and oxygen atoms in total. The Labute approximate surface area is 96.1 Å². The van der Waals surface area contributed by atoms with Crippen LogP contribution in [0.25, 0.3) is 0 Å². The number of rotatable bonds is 4. The molecule has 2 N–H and O–H groups in total. The third kappa shape index (κ3) is 9.68. The van der Waals surface area contributed by atoms with E-state index < -0.39 is 0 Å². The van der Waals surface area contributed by atoms with Crippen molar-refractivity contribution in [3.8, 4) is 0 Å². The zero-order valence-corrected chi connectivity index (χ0v) is 11.0. The molecule has 0 aromatic carbocycles. The summed E-state index contributed by atoms with van der Waals surface area (Å²) < 4.78 is 1.50. The number of aromatic nitrogens is 4. The summed E-state index contributed by atoms with van der Waals surface area (Å²) in [6.45, 7) is 10.9. The molecule has 0 unspecified atom stereocenters. The molecule has 0 saturated heterocycles. The van der Waals surface area contributed by atoms with Crippen LogP contribution in [0.2, 0.25) is 0 Å². The Morgan fingerprint density at radius 2 is 1.87 bits per heavy atom. The highest BCUT2D eigenvalue weighted by molar-refractivity contribution is 7.97. The van der Waals surface area contributed by atoms with E-state index in [1.807, 2.05) is 6.92 Å². The molecule has 1 aromatic rings. The zero-order valence-electron chi connectivity index (χ0n) is 10.1. The Balaban J connectivity index is 0.000000265. The molecule has 15 heavy (non-hydrogen) atoms. The van der Waals surface area contributed by atoms with Crippen LogP contribution < -0.4 is 5.32 Å². The van der Waals surface area contributed by atoms with Gasteiger partial charge in [0.05, 0.1) is 12.1 Å². The number of tetrazole rings is 1. The molecule has 1 heterocycles. The molecule has 0 saturated carbocycles. The van der Waals surface area contributed by atoms with Gasteiger partial charge in [-0.05, 0) is 27.7 Å². The molecular formula is C9H21N5S. The first-order valence-electron chi connectivity index (χ1n) is 5.20. The summed E-state index contributed by atoms with van der Waals surface area (Å²) in [6.07, 6.45) is 2.55. The molecule has 0 aliphatic heterocycles. The number of hydrogen-bond donors (Lipinski definition) is 1. The van der Waals surface area contributed by atoms with E-state index >= 15 is 0 Å². The van der Waals surface area contributed by atoms with E-state index in [4.69, 9.17) is 0 Å². The van der Waals surface area contributed by atoms with Crippen LogP contribution in [0, 0.1) is 6.33 Å². The highest BCUT2D eigenvalue weighted by Gasteiger charge is 1.97. The Kier molecular flexibility index (Phi) is 8.31. The van der Waals surface area contributed by atoms with Gasteiger partial charge in [-0.1, -0.05) is 29.3 Å². The standard InChI is InChI=1S/C6H15N.C3H5N4S/c1-5(2)7-6(3)4;1-2-8-7-3-4-5-6-7/h5-7H,1-4H3;2H2,1H3/q;-1/p+1. The molecule has 0 aliphatic carbocycles. The van der Waals surface area contributed by atoms with Gasteiger partial charge in [0.2, 0.25) is 0 Å². The lowest BCUT2D eigenvalue weighted by Gasteiger charge is -2.06. The van der Waals surface area contributed by atoms with Gasteiger partial charge in [0.15, 0.2) is 0 Å². The van der Waals surface area contributed by atoms with E-state index in [0.717, 1.165) is 17.8 Å². The zero-order chi connectivity index (χ0) is 11.7. The van der Waals surface area contributed by atoms with Crippen LogP contribution in [0.5, 0.6) is 0 Å². The van der Waals surface area contributed by atoms with Crippen LogP contribution in [0.1, 0.15) is 34.6 Å². The van der Waals surface area contributed by atoms with E-state index in [1.54, 1.807) is 0 Å². The number of nitrogens with zero attached hydrogens (tertiary/aromatic N) is 4. The van der Waals surface area contributed by atoms with Crippen LogP contribution in [0.3, 0.4) is 0 Å². The third-order valence-electron chi connectivity index (χ3n) is 1.32. The molecule has 0 amide bonds. The highest BCUT2D eigenvalue weighted by atomic mass is 32.2. The summed E-state index contributed by atoms with van der Waals surface area (Å²) in [6, 6.07) is 1.50. The minimum Gasteiger partial charge on any atom is -0.352 e. The van der Waals surface area contributed by atoms with Gasteiger partial charge in [-0.15, -0.1) is 0 Å². The van der Waals surface area contributed by atoms with Gasteiger partial charge in [0.1, 0.15) is 0 Å². The molecule has 0 spiro atoms. The number of quaternary nitrogens is 1. The van der Waals surface area contributed by atoms with Crippen molar-refractivity contribution < 1.29 is 5.32 Å². The lowest BCUT2D eigenvalue weighted by atomic mass is 10.3. The molecular weight excluding hydrogens is 210 g/mol. The lowest BCUT2D eigenvalue weighted by Crippen LogP contribution is -2.92. The second-order valence-corrected chi connectivity index (χ2v) is 4.93. The number of hydrogen-bond acceptors (Lipinski definition) is 4. The summed E-state index contributed by atoms with van der Waals surface area (Å²) in [4.78, 5) is 0. The molecule has 1 aromatic heterocycles. The Morgan fingerprint density at radius 3 is 2.13 bits per heavy atom. The number of nitrogens with two attached hydrogens (primary N) is 1. The van der Waals surface area contributed by atoms with Gasteiger partial charge in [-0.2, -0.15) is 0 Å². The summed E-state index contributed by atoms with van der Waals surface area (Å²) in [5, 5.41) is 12.6. The fraction of sp³-hybridized carbons (Fsp3) is 0.889. The van der Waals surface area contributed by atoms with Gasteiger partial charge >= 0.3 is 0 Å². The Bertz CT molecular complexity index is 216. The monoisotopic (exact) mass is 231 g/mol. The smallest absolute Gasteiger partial charge is 0.0803 e. The molecule has 0 radical (unpaired) electrons. The first-order chi connectivity index (χ1) is 7.06. The minimum absolute atomic E-state index is 0.750. The second-order valence-electron chi connectivity index (χ2n) is 3.75. The molecule has 0 fully saturated rings. The van der Waals surface area contributed by atoms with Crippen molar-refractivity contribution in [1.29, 1.82) is 0 Å². The Hall–Kier alpha value is -0.620. The first-order valence-corrected chi connectivity index (χ1v) is 6.14. The molecule has 1 rings (SSSR count). The lowest BCUT2D eigenvalue weighted by molar-refractivity contribution is -0.709. The maximum absolute atomic E-state index is 3.57. The van der Waals surface area contributed by atoms with Crippen LogP contribution in [0.15, 0.2) is 0 Å². The van der Waals surface area contributed by atoms with E-state index in [-0.39, 0.29) is 0 Å². The maximum atomic E-state index is 3.57. The third-order valence-corrected chi connectivity index (χ3v) is 1.97. The average Bonchev–Trinajstić information content (AvgIpc) is 2.55. The first kappa shape index (κ1) is 14.4. The molecule has 88 valence electrons. The van der Waals surface area contributed by atoms with Crippen molar-refractivity contribution in [2.75, 3.05) is 5.75 Å². The van der Waals surface area contributed by atoms with E-state index in [9.17, 15) is 0 Å². The normalized spacial score (nSPS) is 10.3. The van der Waals surface area contributed by atoms with Crippen LogP contribution in [0.4, 0.5) is 0 Å². The minimum atomic E-state index is 0.750. The highest BCUT2D eigenvalue weighted by Crippen LogP contribution is 1.96. The summed E-state index contributed by atoms with van der Waals surface area (Å²) >= 11 is 1.51. The average molecular weight is 231 g/mol. The van der Waals surface area contributed by atoms with Gasteiger partial charge in [0, 0.05) is 5.75 Å². The molecule has 0 atom stereocenters. The van der Waals surface area contributed by atoms with Gasteiger partial charge < -0.3 is 14.5 Å². The quantitative estimate of drug-likeness (QED) is 0.760.